The van der Waals surface area contributed by atoms with Crippen LogP contribution in [0.4, 0.5) is 23.3 Å². The van der Waals surface area contributed by atoms with Crippen LogP contribution in [-0.2, 0) is 0 Å². The summed E-state index contributed by atoms with van der Waals surface area (Å²) in [4.78, 5) is 18.4. The number of nitrogens with zero attached hydrogens (tertiary/aromatic N) is 6. The average Bonchev–Trinajstić information content (AvgIpc) is 2.91. The molecule has 0 aliphatic carbocycles. The number of anilines is 4. The molecule has 176 valence electrons. The maximum Gasteiger partial charge on any atom is 0.231 e. The summed E-state index contributed by atoms with van der Waals surface area (Å²) in [6, 6.07) is 17.3. The fourth-order valence-corrected chi connectivity index (χ4v) is 3.64. The first-order chi connectivity index (χ1) is 17.1. The molecule has 0 unspecified atom stereocenters. The summed E-state index contributed by atoms with van der Waals surface area (Å²) in [5, 5.41) is 12.3. The molecule has 0 saturated heterocycles. The minimum absolute atomic E-state index is 0.410. The second kappa shape index (κ2) is 11.7. The Bertz CT molecular complexity index is 1250. The van der Waals surface area contributed by atoms with Crippen LogP contribution in [0.1, 0.15) is 25.0 Å². The van der Waals surface area contributed by atoms with E-state index in [9.17, 15) is 0 Å². The molecule has 0 spiro atoms. The van der Waals surface area contributed by atoms with Crippen molar-refractivity contribution in [1.29, 1.82) is 0 Å². The molecular formula is C25H25N9S. The van der Waals surface area contributed by atoms with E-state index in [1.807, 2.05) is 68.6 Å². The average molecular weight is 484 g/mol. The van der Waals surface area contributed by atoms with E-state index in [-0.39, 0.29) is 0 Å². The Morgan fingerprint density at radius 1 is 0.743 bits per heavy atom. The molecule has 4 aromatic rings. The normalized spacial score (nSPS) is 11.7. The molecule has 3 aromatic heterocycles. The first kappa shape index (κ1) is 23.8. The Morgan fingerprint density at radius 3 is 1.77 bits per heavy atom. The zero-order valence-electron chi connectivity index (χ0n) is 19.6. The van der Waals surface area contributed by atoms with Gasteiger partial charge in [0.1, 0.15) is 0 Å². The molecule has 0 fully saturated rings. The molecular weight excluding hydrogens is 458 g/mol. The van der Waals surface area contributed by atoms with Crippen molar-refractivity contribution in [3.8, 4) is 0 Å². The summed E-state index contributed by atoms with van der Waals surface area (Å²) in [5.41, 5.74) is 10.5. The molecule has 1 aromatic carbocycles. The highest BCUT2D eigenvalue weighted by Gasteiger charge is 2.08. The maximum absolute atomic E-state index is 4.60. The number of rotatable bonds is 9. The predicted molar refractivity (Wildman–Crippen MR) is 144 cm³/mol. The van der Waals surface area contributed by atoms with Gasteiger partial charge >= 0.3 is 0 Å². The molecule has 4 rings (SSSR count). The number of hydrazone groups is 2. The third-order valence-corrected chi connectivity index (χ3v) is 5.75. The molecule has 0 atom stereocenters. The van der Waals surface area contributed by atoms with Crippen LogP contribution in [0.3, 0.4) is 0 Å². The molecule has 0 bridgehead atoms. The summed E-state index contributed by atoms with van der Waals surface area (Å²) >= 11 is 1.64. The first-order valence-electron chi connectivity index (χ1n) is 10.8. The summed E-state index contributed by atoms with van der Waals surface area (Å²) in [6.45, 7) is 3.83. The number of aromatic nitrogens is 4. The van der Waals surface area contributed by atoms with Crippen molar-refractivity contribution in [2.45, 2.75) is 18.7 Å². The largest absolute Gasteiger partial charge is 0.323 e. The van der Waals surface area contributed by atoms with Gasteiger partial charge in [0, 0.05) is 46.9 Å². The molecule has 0 aliphatic rings. The number of benzene rings is 1. The smallest absolute Gasteiger partial charge is 0.231 e. The highest BCUT2D eigenvalue weighted by molar-refractivity contribution is 7.98. The fraction of sp³-hybridized carbons (Fsp3) is 0.120. The quantitative estimate of drug-likeness (QED) is 0.165. The lowest BCUT2D eigenvalue weighted by molar-refractivity contribution is 1.11. The molecule has 9 nitrogen and oxygen atoms in total. The lowest BCUT2D eigenvalue weighted by Crippen LogP contribution is -2.07. The van der Waals surface area contributed by atoms with Gasteiger partial charge in [-0.25, -0.2) is 0 Å². The molecule has 3 N–H and O–H groups in total. The van der Waals surface area contributed by atoms with Crippen LogP contribution in [0, 0.1) is 0 Å². The highest BCUT2D eigenvalue weighted by Crippen LogP contribution is 2.27. The summed E-state index contributed by atoms with van der Waals surface area (Å²) in [5.74, 6) is 1.43. The SMILES string of the molecule is CSc1ccccc1Nc1nc(NN=C(C)c2ccncc2)cc(NN=C(C)c2ccncc2)n1. The van der Waals surface area contributed by atoms with Gasteiger partial charge in [0.25, 0.3) is 0 Å². The Balaban J connectivity index is 1.62. The van der Waals surface area contributed by atoms with Gasteiger partial charge in [0.15, 0.2) is 11.6 Å². The number of hydrogen-bond donors (Lipinski definition) is 3. The van der Waals surface area contributed by atoms with Crippen LogP contribution in [0.5, 0.6) is 0 Å². The van der Waals surface area contributed by atoms with Gasteiger partial charge in [0.2, 0.25) is 5.95 Å². The van der Waals surface area contributed by atoms with E-state index in [1.54, 1.807) is 42.6 Å². The van der Waals surface area contributed by atoms with Gasteiger partial charge in [-0.3, -0.25) is 20.8 Å². The standard InChI is InChI=1S/C25H25N9S/c1-17(19-8-12-26-13-9-19)31-33-23-16-24(34-32-18(2)20-10-14-27-15-11-20)30-25(29-23)28-21-6-4-5-7-22(21)35-3/h4-16H,1-3H3,(H3,28,29,30,33,34). The van der Waals surface area contributed by atoms with E-state index in [0.29, 0.717) is 17.6 Å². The fourth-order valence-electron chi connectivity index (χ4n) is 3.08. The minimum Gasteiger partial charge on any atom is -0.323 e. The second-order valence-corrected chi connectivity index (χ2v) is 8.23. The van der Waals surface area contributed by atoms with Crippen LogP contribution < -0.4 is 16.2 Å². The van der Waals surface area contributed by atoms with Crippen LogP contribution in [0.25, 0.3) is 0 Å². The third-order valence-electron chi connectivity index (χ3n) is 4.95. The van der Waals surface area contributed by atoms with E-state index in [0.717, 1.165) is 33.1 Å². The number of hydrogen-bond acceptors (Lipinski definition) is 10. The number of para-hydroxylation sites is 1. The highest BCUT2D eigenvalue weighted by atomic mass is 32.2. The van der Waals surface area contributed by atoms with Gasteiger partial charge in [-0.15, -0.1) is 11.8 Å². The van der Waals surface area contributed by atoms with Gasteiger partial charge in [-0.05, 0) is 56.5 Å². The van der Waals surface area contributed by atoms with Gasteiger partial charge < -0.3 is 5.32 Å². The maximum atomic E-state index is 4.60. The third kappa shape index (κ3) is 6.61. The number of nitrogens with one attached hydrogen (secondary N) is 3. The monoisotopic (exact) mass is 483 g/mol. The van der Waals surface area contributed by atoms with E-state index >= 15 is 0 Å². The molecule has 0 amide bonds. The lowest BCUT2D eigenvalue weighted by atomic mass is 10.2. The summed E-state index contributed by atoms with van der Waals surface area (Å²) < 4.78 is 0. The lowest BCUT2D eigenvalue weighted by Gasteiger charge is -2.12. The van der Waals surface area contributed by atoms with E-state index in [2.05, 4.69) is 46.3 Å². The molecule has 35 heavy (non-hydrogen) atoms. The van der Waals surface area contributed by atoms with E-state index < -0.39 is 0 Å². The summed E-state index contributed by atoms with van der Waals surface area (Å²) in [6.07, 6.45) is 8.95. The Hall–Kier alpha value is -4.31. The van der Waals surface area contributed by atoms with Crippen molar-refractivity contribution in [2.24, 2.45) is 10.2 Å². The first-order valence-corrected chi connectivity index (χ1v) is 12.1. The Kier molecular flexibility index (Phi) is 7.97. The van der Waals surface area contributed by atoms with Crippen LogP contribution in [0.15, 0.2) is 94.5 Å². The summed E-state index contributed by atoms with van der Waals surface area (Å²) in [7, 11) is 0. The van der Waals surface area contributed by atoms with Crippen molar-refractivity contribution in [2.75, 3.05) is 22.4 Å². The van der Waals surface area contributed by atoms with Crippen molar-refractivity contribution < 1.29 is 0 Å². The minimum atomic E-state index is 0.410. The predicted octanol–water partition coefficient (Wildman–Crippen LogP) is 5.40. The van der Waals surface area contributed by atoms with E-state index in [1.165, 1.54) is 0 Å². The zero-order chi connectivity index (χ0) is 24.5. The Labute approximate surface area is 208 Å². The topological polar surface area (TPSA) is 112 Å². The molecule has 3 heterocycles. The second-order valence-electron chi connectivity index (χ2n) is 7.38. The van der Waals surface area contributed by atoms with Gasteiger partial charge in [0.05, 0.1) is 17.1 Å². The zero-order valence-corrected chi connectivity index (χ0v) is 20.4. The molecule has 10 heteroatoms. The van der Waals surface area contributed by atoms with Crippen molar-refractivity contribution in [1.82, 2.24) is 19.9 Å². The van der Waals surface area contributed by atoms with E-state index in [4.69, 9.17) is 0 Å². The van der Waals surface area contributed by atoms with Crippen LogP contribution >= 0.6 is 11.8 Å². The molecule has 0 saturated carbocycles. The van der Waals surface area contributed by atoms with Crippen molar-refractivity contribution in [3.63, 3.8) is 0 Å². The molecule has 0 radical (unpaired) electrons. The molecule has 0 aliphatic heterocycles. The van der Waals surface area contributed by atoms with Gasteiger partial charge in [-0.1, -0.05) is 12.1 Å². The number of pyridine rings is 2. The number of thioether (sulfide) groups is 1. The van der Waals surface area contributed by atoms with Crippen LogP contribution in [-0.4, -0.2) is 37.6 Å². The Morgan fingerprint density at radius 2 is 1.26 bits per heavy atom. The van der Waals surface area contributed by atoms with Crippen molar-refractivity contribution in [3.05, 3.63) is 90.5 Å². The van der Waals surface area contributed by atoms with Gasteiger partial charge in [-0.2, -0.15) is 20.2 Å². The van der Waals surface area contributed by atoms with Crippen LogP contribution in [0.2, 0.25) is 0 Å². The van der Waals surface area contributed by atoms with Crippen molar-refractivity contribution >= 4 is 46.5 Å².